The number of methoxy groups -OCH3 is 3. The van der Waals surface area contributed by atoms with Gasteiger partial charge in [0.15, 0.2) is 0 Å². The third-order valence-electron chi connectivity index (χ3n) is 3.07. The molecule has 0 saturated carbocycles. The Kier molecular flexibility index (Phi) is 5.24. The van der Waals surface area contributed by atoms with Crippen LogP contribution in [0.5, 0.6) is 17.2 Å². The third kappa shape index (κ3) is 3.49. The van der Waals surface area contributed by atoms with Crippen LogP contribution in [0.3, 0.4) is 0 Å². The maximum Gasteiger partial charge on any atom is 0.134 e. The van der Waals surface area contributed by atoms with Crippen molar-refractivity contribution in [2.45, 2.75) is 0 Å². The maximum absolute atomic E-state index is 10.8. The van der Waals surface area contributed by atoms with Gasteiger partial charge in [-0.2, -0.15) is 0 Å². The van der Waals surface area contributed by atoms with E-state index in [2.05, 4.69) is 4.72 Å². The zero-order valence-corrected chi connectivity index (χ0v) is 13.2. The molecule has 0 radical (unpaired) electrons. The highest BCUT2D eigenvalue weighted by Crippen LogP contribution is 2.42. The van der Waals surface area contributed by atoms with E-state index in [-0.39, 0.29) is 0 Å². The monoisotopic (exact) mass is 322 g/mol. The highest BCUT2D eigenvalue weighted by molar-refractivity contribution is 7.80. The number of benzene rings is 2. The Labute approximate surface area is 131 Å². The lowest BCUT2D eigenvalue weighted by Gasteiger charge is -2.16. The van der Waals surface area contributed by atoms with Crippen LogP contribution >= 0.6 is 0 Å². The molecule has 22 heavy (non-hydrogen) atoms. The van der Waals surface area contributed by atoms with Gasteiger partial charge in [-0.1, -0.05) is 12.1 Å². The molecule has 1 atom stereocenters. The lowest BCUT2D eigenvalue weighted by atomic mass is 10.0. The van der Waals surface area contributed by atoms with Crippen LogP contribution in [0.1, 0.15) is 0 Å². The second-order valence-electron chi connectivity index (χ2n) is 4.32. The number of rotatable bonds is 6. The molecule has 0 bridgehead atoms. The van der Waals surface area contributed by atoms with Gasteiger partial charge in [-0.05, 0) is 17.7 Å². The van der Waals surface area contributed by atoms with Crippen molar-refractivity contribution in [2.75, 3.05) is 26.1 Å². The van der Waals surface area contributed by atoms with Gasteiger partial charge in [0.25, 0.3) is 0 Å². The van der Waals surface area contributed by atoms with E-state index in [1.54, 1.807) is 51.7 Å². The second kappa shape index (κ2) is 7.15. The minimum absolute atomic E-state index is 0.450. The smallest absolute Gasteiger partial charge is 0.134 e. The molecule has 0 amide bonds. The molecule has 0 heterocycles. The Morgan fingerprint density at radius 2 is 1.64 bits per heavy atom. The van der Waals surface area contributed by atoms with Crippen molar-refractivity contribution in [3.63, 3.8) is 0 Å². The molecule has 2 rings (SSSR count). The Morgan fingerprint density at radius 3 is 2.14 bits per heavy atom. The lowest BCUT2D eigenvalue weighted by Crippen LogP contribution is -2.02. The molecule has 0 spiro atoms. The number of anilines is 1. The number of nitrogens with one attached hydrogen (secondary N) is 1. The molecule has 2 aromatic rings. The van der Waals surface area contributed by atoms with Gasteiger partial charge >= 0.3 is 0 Å². The summed E-state index contributed by atoms with van der Waals surface area (Å²) in [7, 11) is 4.65. The van der Waals surface area contributed by atoms with Gasteiger partial charge in [-0.3, -0.25) is 4.21 Å². The number of hydrogen-bond donors (Lipinski definition) is 1. The van der Waals surface area contributed by atoms with Crippen molar-refractivity contribution in [1.29, 1.82) is 0 Å². The first kappa shape index (κ1) is 16.1. The molecule has 0 aliphatic carbocycles. The first-order valence-electron chi connectivity index (χ1n) is 6.35. The quantitative estimate of drug-likeness (QED) is 0.827. The van der Waals surface area contributed by atoms with Crippen LogP contribution in [0, 0.1) is 0 Å². The summed E-state index contributed by atoms with van der Waals surface area (Å²) in [4.78, 5) is 0. The molecule has 2 aromatic carbocycles. The molecule has 0 aromatic heterocycles. The topological polar surface area (TPSA) is 79.9 Å². The molecule has 6 nitrogen and oxygen atoms in total. The summed E-state index contributed by atoms with van der Waals surface area (Å²) >= 11 is -2.38. The summed E-state index contributed by atoms with van der Waals surface area (Å²) in [5.74, 6) is 1.74. The SMILES string of the molecule is COc1cc(OC)c(-c2cccc(NS(=O)[O-])c2)c(OC)c1. The maximum atomic E-state index is 10.8. The number of ether oxygens (including phenoxy) is 3. The van der Waals surface area contributed by atoms with Crippen LogP contribution in [0.25, 0.3) is 11.1 Å². The minimum atomic E-state index is -2.38. The van der Waals surface area contributed by atoms with E-state index in [0.29, 0.717) is 28.5 Å². The molecule has 7 heteroatoms. The Bertz CT molecular complexity index is 664. The first-order valence-corrected chi connectivity index (χ1v) is 7.43. The van der Waals surface area contributed by atoms with Crippen LogP contribution in [0.4, 0.5) is 5.69 Å². The average Bonchev–Trinajstić information content (AvgIpc) is 2.53. The third-order valence-corrected chi connectivity index (χ3v) is 3.47. The van der Waals surface area contributed by atoms with E-state index < -0.39 is 11.3 Å². The summed E-state index contributed by atoms with van der Waals surface area (Å²) in [6.07, 6.45) is 0. The fourth-order valence-corrected chi connectivity index (χ4v) is 2.44. The average molecular weight is 322 g/mol. The first-order chi connectivity index (χ1) is 10.6. The zero-order valence-electron chi connectivity index (χ0n) is 12.4. The summed E-state index contributed by atoms with van der Waals surface area (Å²) in [6.45, 7) is 0. The van der Waals surface area contributed by atoms with Crippen molar-refractivity contribution >= 4 is 17.0 Å². The molecule has 0 aliphatic rings. The van der Waals surface area contributed by atoms with E-state index in [1.807, 2.05) is 6.07 Å². The van der Waals surface area contributed by atoms with Crippen molar-refractivity contribution in [3.05, 3.63) is 36.4 Å². The van der Waals surface area contributed by atoms with Crippen molar-refractivity contribution in [1.82, 2.24) is 0 Å². The molecule has 0 fully saturated rings. The van der Waals surface area contributed by atoms with Gasteiger partial charge in [0.1, 0.15) is 17.2 Å². The molecule has 1 unspecified atom stereocenters. The van der Waals surface area contributed by atoms with E-state index in [0.717, 1.165) is 5.56 Å². The summed E-state index contributed by atoms with van der Waals surface area (Å²) < 4.78 is 39.9. The van der Waals surface area contributed by atoms with Gasteiger partial charge in [0.2, 0.25) is 0 Å². The summed E-state index contributed by atoms with van der Waals surface area (Å²) in [5.41, 5.74) is 1.92. The van der Waals surface area contributed by atoms with Crippen molar-refractivity contribution in [2.24, 2.45) is 0 Å². The molecular formula is C15H16NO5S-. The second-order valence-corrected chi connectivity index (χ2v) is 5.00. The predicted molar refractivity (Wildman–Crippen MR) is 84.1 cm³/mol. The Morgan fingerprint density at radius 1 is 1.00 bits per heavy atom. The predicted octanol–water partition coefficient (Wildman–Crippen LogP) is 2.59. The van der Waals surface area contributed by atoms with Gasteiger partial charge in [-0.25, -0.2) is 0 Å². The van der Waals surface area contributed by atoms with E-state index >= 15 is 0 Å². The fraction of sp³-hybridized carbons (Fsp3) is 0.200. The molecule has 0 saturated heterocycles. The lowest BCUT2D eigenvalue weighted by molar-refractivity contribution is 0.377. The molecule has 118 valence electrons. The molecule has 1 N–H and O–H groups in total. The standard InChI is InChI=1S/C15H17NO5S/c1-19-12-8-13(20-2)15(14(9-12)21-3)10-5-4-6-11(7-10)16-22(17)18/h4-9,16H,1-3H3,(H,17,18)/p-1. The minimum Gasteiger partial charge on any atom is -0.755 e. The fourth-order valence-electron chi connectivity index (χ4n) is 2.12. The summed E-state index contributed by atoms with van der Waals surface area (Å²) in [5, 5.41) is 0. The van der Waals surface area contributed by atoms with Crippen LogP contribution in [0.2, 0.25) is 0 Å². The normalized spacial score (nSPS) is 11.6. The molecular weight excluding hydrogens is 306 g/mol. The summed E-state index contributed by atoms with van der Waals surface area (Å²) in [6, 6.07) is 10.4. The van der Waals surface area contributed by atoms with E-state index in [1.165, 1.54) is 0 Å². The Balaban J connectivity index is 2.58. The van der Waals surface area contributed by atoms with Gasteiger partial charge in [0, 0.05) is 29.1 Å². The van der Waals surface area contributed by atoms with Gasteiger partial charge in [0.05, 0.1) is 26.9 Å². The van der Waals surface area contributed by atoms with E-state index in [9.17, 15) is 8.76 Å². The van der Waals surface area contributed by atoms with Crippen LogP contribution in [-0.4, -0.2) is 30.1 Å². The molecule has 0 aliphatic heterocycles. The Hall–Kier alpha value is -2.25. The van der Waals surface area contributed by atoms with Crippen LogP contribution in [-0.2, 0) is 11.3 Å². The van der Waals surface area contributed by atoms with E-state index in [4.69, 9.17) is 14.2 Å². The van der Waals surface area contributed by atoms with Crippen LogP contribution in [0.15, 0.2) is 36.4 Å². The van der Waals surface area contributed by atoms with Gasteiger partial charge in [-0.15, -0.1) is 0 Å². The highest BCUT2D eigenvalue weighted by atomic mass is 32.2. The van der Waals surface area contributed by atoms with Crippen molar-refractivity contribution in [3.8, 4) is 28.4 Å². The van der Waals surface area contributed by atoms with Gasteiger partial charge < -0.3 is 23.5 Å². The highest BCUT2D eigenvalue weighted by Gasteiger charge is 2.15. The zero-order chi connectivity index (χ0) is 16.1. The van der Waals surface area contributed by atoms with Crippen molar-refractivity contribution < 1.29 is 23.0 Å². The van der Waals surface area contributed by atoms with Crippen LogP contribution < -0.4 is 18.9 Å². The largest absolute Gasteiger partial charge is 0.755 e. The number of hydrogen-bond acceptors (Lipinski definition) is 5.